The van der Waals surface area contributed by atoms with Crippen molar-refractivity contribution in [3.63, 3.8) is 0 Å². The van der Waals surface area contributed by atoms with E-state index in [-0.39, 0.29) is 0 Å². The summed E-state index contributed by atoms with van der Waals surface area (Å²) in [6, 6.07) is 15.5. The van der Waals surface area contributed by atoms with Crippen LogP contribution in [0, 0.1) is 0 Å². The lowest BCUT2D eigenvalue weighted by Gasteiger charge is -2.02. The van der Waals surface area contributed by atoms with Gasteiger partial charge in [0.1, 0.15) is 11.5 Å². The summed E-state index contributed by atoms with van der Waals surface area (Å²) in [6.45, 7) is 5.83. The summed E-state index contributed by atoms with van der Waals surface area (Å²) in [6.07, 6.45) is 0. The van der Waals surface area contributed by atoms with E-state index in [1.54, 1.807) is 25.8 Å². The third kappa shape index (κ3) is 4.31. The molecule has 0 aliphatic rings. The molecule has 3 aromatic rings. The normalized spacial score (nSPS) is 12.4. The molecule has 0 N–H and O–H groups in total. The standard InChI is InChI=1S/C20H24N4O2S/c1-5-23-19(21-15-7-11-17(25-3)12-8-15)24(6-2)27-20(23)22-16-9-13-18(26-4)14-10-16/h7-14H,5-6H2,1-4H3. The molecule has 0 atom stereocenters. The third-order valence-electron chi connectivity index (χ3n) is 4.09. The minimum Gasteiger partial charge on any atom is -0.497 e. The smallest absolute Gasteiger partial charge is 0.221 e. The quantitative estimate of drug-likeness (QED) is 0.648. The van der Waals surface area contributed by atoms with Gasteiger partial charge in [0, 0.05) is 13.1 Å². The second-order valence-electron chi connectivity index (χ2n) is 5.73. The van der Waals surface area contributed by atoms with Crippen molar-refractivity contribution in [1.29, 1.82) is 0 Å². The van der Waals surface area contributed by atoms with Gasteiger partial charge in [0.2, 0.25) is 10.4 Å². The topological polar surface area (TPSA) is 53.0 Å². The van der Waals surface area contributed by atoms with Crippen LogP contribution >= 0.6 is 11.5 Å². The molecule has 2 aromatic carbocycles. The van der Waals surface area contributed by atoms with E-state index in [9.17, 15) is 0 Å². The molecule has 1 aromatic heterocycles. The van der Waals surface area contributed by atoms with Crippen LogP contribution in [0.3, 0.4) is 0 Å². The summed E-state index contributed by atoms with van der Waals surface area (Å²) in [7, 11) is 3.32. The first kappa shape index (κ1) is 19.0. The van der Waals surface area contributed by atoms with Crippen molar-refractivity contribution >= 4 is 22.9 Å². The Balaban J connectivity index is 2.11. The van der Waals surface area contributed by atoms with Crippen molar-refractivity contribution in [3.05, 3.63) is 59.0 Å². The van der Waals surface area contributed by atoms with Gasteiger partial charge in [-0.1, -0.05) is 0 Å². The summed E-state index contributed by atoms with van der Waals surface area (Å²) in [5, 5.41) is 0. The van der Waals surface area contributed by atoms with E-state index in [4.69, 9.17) is 19.5 Å². The molecular formula is C20H24N4O2S. The van der Waals surface area contributed by atoms with E-state index in [0.717, 1.165) is 46.4 Å². The molecule has 142 valence electrons. The predicted molar refractivity (Wildman–Crippen MR) is 108 cm³/mol. The van der Waals surface area contributed by atoms with Gasteiger partial charge < -0.3 is 9.47 Å². The van der Waals surface area contributed by atoms with Crippen LogP contribution in [0.1, 0.15) is 13.8 Å². The third-order valence-corrected chi connectivity index (χ3v) is 5.21. The monoisotopic (exact) mass is 384 g/mol. The van der Waals surface area contributed by atoms with Crippen LogP contribution in [0.4, 0.5) is 11.4 Å². The first-order valence-corrected chi connectivity index (χ1v) is 9.64. The molecule has 6 nitrogen and oxygen atoms in total. The lowest BCUT2D eigenvalue weighted by molar-refractivity contribution is 0.414. The molecule has 0 saturated carbocycles. The second-order valence-corrected chi connectivity index (χ2v) is 6.72. The Morgan fingerprint density at radius 2 is 1.30 bits per heavy atom. The van der Waals surface area contributed by atoms with Crippen LogP contribution in [0.15, 0.2) is 58.5 Å². The zero-order valence-corrected chi connectivity index (χ0v) is 16.9. The number of aryl methyl sites for hydroxylation is 1. The fraction of sp³-hybridized carbons (Fsp3) is 0.300. The number of benzene rings is 2. The van der Waals surface area contributed by atoms with Gasteiger partial charge in [0.25, 0.3) is 0 Å². The molecule has 3 rings (SSSR count). The van der Waals surface area contributed by atoms with Crippen molar-refractivity contribution in [2.24, 2.45) is 9.98 Å². The van der Waals surface area contributed by atoms with Gasteiger partial charge in [-0.2, -0.15) is 0 Å². The van der Waals surface area contributed by atoms with Crippen LogP contribution in [0.5, 0.6) is 11.5 Å². The second kappa shape index (κ2) is 8.73. The van der Waals surface area contributed by atoms with Crippen molar-refractivity contribution in [3.8, 4) is 11.5 Å². The Hall–Kier alpha value is -2.80. The Labute approximate surface area is 162 Å². The van der Waals surface area contributed by atoms with E-state index in [0.29, 0.717) is 0 Å². The minimum atomic E-state index is 0.785. The number of ether oxygens (including phenoxy) is 2. The van der Waals surface area contributed by atoms with E-state index in [1.165, 1.54) is 0 Å². The molecule has 0 unspecified atom stereocenters. The van der Waals surface area contributed by atoms with Crippen LogP contribution in [0.2, 0.25) is 0 Å². The highest BCUT2D eigenvalue weighted by Crippen LogP contribution is 2.18. The predicted octanol–water partition coefficient (Wildman–Crippen LogP) is 3.87. The summed E-state index contributed by atoms with van der Waals surface area (Å²) >= 11 is 1.61. The van der Waals surface area contributed by atoms with E-state index in [2.05, 4.69) is 22.4 Å². The molecule has 0 saturated heterocycles. The zero-order valence-electron chi connectivity index (χ0n) is 16.0. The van der Waals surface area contributed by atoms with E-state index in [1.807, 2.05) is 48.5 Å². The van der Waals surface area contributed by atoms with Gasteiger partial charge in [-0.05, 0) is 73.9 Å². The van der Waals surface area contributed by atoms with Gasteiger partial charge in [0.15, 0.2) is 0 Å². The van der Waals surface area contributed by atoms with Crippen LogP contribution < -0.4 is 19.9 Å². The molecular weight excluding hydrogens is 360 g/mol. The van der Waals surface area contributed by atoms with E-state index < -0.39 is 0 Å². The van der Waals surface area contributed by atoms with Gasteiger partial charge in [0.05, 0.1) is 25.6 Å². The minimum absolute atomic E-state index is 0.785. The van der Waals surface area contributed by atoms with Gasteiger partial charge in [-0.25, -0.2) is 9.98 Å². The van der Waals surface area contributed by atoms with Crippen LogP contribution in [-0.4, -0.2) is 22.7 Å². The first-order chi connectivity index (χ1) is 13.2. The molecule has 7 heteroatoms. The Morgan fingerprint density at radius 1 is 0.778 bits per heavy atom. The highest BCUT2D eigenvalue weighted by atomic mass is 32.1. The summed E-state index contributed by atoms with van der Waals surface area (Å²) in [5.74, 6) is 1.64. The molecule has 0 radical (unpaired) electrons. The summed E-state index contributed by atoms with van der Waals surface area (Å²) in [5.41, 5.74) is 2.66. The maximum absolute atomic E-state index is 5.22. The highest BCUT2D eigenvalue weighted by molar-refractivity contribution is 7.03. The molecule has 1 heterocycles. The molecule has 0 amide bonds. The Bertz CT molecular complexity index is 1010. The zero-order chi connectivity index (χ0) is 19.2. The maximum Gasteiger partial charge on any atom is 0.221 e. The van der Waals surface area contributed by atoms with Crippen molar-refractivity contribution in [2.45, 2.75) is 26.9 Å². The highest BCUT2D eigenvalue weighted by Gasteiger charge is 2.06. The summed E-state index contributed by atoms with van der Waals surface area (Å²) < 4.78 is 14.7. The lowest BCUT2D eigenvalue weighted by Crippen LogP contribution is -2.29. The fourth-order valence-corrected chi connectivity index (χ4v) is 3.63. The molecule has 0 aliphatic heterocycles. The van der Waals surface area contributed by atoms with Crippen LogP contribution in [-0.2, 0) is 13.1 Å². The largest absolute Gasteiger partial charge is 0.497 e. The van der Waals surface area contributed by atoms with Crippen molar-refractivity contribution in [1.82, 2.24) is 8.52 Å². The Kier molecular flexibility index (Phi) is 6.13. The molecule has 27 heavy (non-hydrogen) atoms. The number of hydrogen-bond donors (Lipinski definition) is 0. The number of nitrogens with zero attached hydrogens (tertiary/aromatic N) is 4. The fourth-order valence-electron chi connectivity index (χ4n) is 2.63. The van der Waals surface area contributed by atoms with Gasteiger partial charge in [-0.3, -0.25) is 8.52 Å². The van der Waals surface area contributed by atoms with E-state index >= 15 is 0 Å². The Morgan fingerprint density at radius 3 is 1.74 bits per heavy atom. The van der Waals surface area contributed by atoms with Gasteiger partial charge in [-0.15, -0.1) is 0 Å². The average Bonchev–Trinajstić information content (AvgIpc) is 3.05. The van der Waals surface area contributed by atoms with Crippen LogP contribution in [0.25, 0.3) is 0 Å². The molecule has 0 bridgehead atoms. The molecule has 0 fully saturated rings. The number of methoxy groups -OCH3 is 2. The van der Waals surface area contributed by atoms with Gasteiger partial charge >= 0.3 is 0 Å². The number of hydrogen-bond acceptors (Lipinski definition) is 5. The lowest BCUT2D eigenvalue weighted by atomic mass is 10.3. The number of aromatic nitrogens is 2. The average molecular weight is 385 g/mol. The maximum atomic E-state index is 5.22. The number of rotatable bonds is 6. The SMILES string of the molecule is CCn1sc(=Nc2ccc(OC)cc2)n(CC)c1=Nc1ccc(OC)cc1. The van der Waals surface area contributed by atoms with Crippen molar-refractivity contribution < 1.29 is 9.47 Å². The molecule has 0 aliphatic carbocycles. The molecule has 0 spiro atoms. The summed E-state index contributed by atoms with van der Waals surface area (Å²) in [4.78, 5) is 10.6. The van der Waals surface area contributed by atoms with Crippen molar-refractivity contribution in [2.75, 3.05) is 14.2 Å². The first-order valence-electron chi connectivity index (χ1n) is 8.87.